The van der Waals surface area contributed by atoms with Crippen molar-refractivity contribution in [2.24, 2.45) is 5.92 Å². The summed E-state index contributed by atoms with van der Waals surface area (Å²) < 4.78 is 46.5. The summed E-state index contributed by atoms with van der Waals surface area (Å²) in [5.41, 5.74) is 0.780. The van der Waals surface area contributed by atoms with Crippen LogP contribution in [0.4, 0.5) is 4.39 Å². The van der Waals surface area contributed by atoms with Gasteiger partial charge in [0, 0.05) is 30.2 Å². The van der Waals surface area contributed by atoms with Crippen molar-refractivity contribution in [1.29, 1.82) is 0 Å². The van der Waals surface area contributed by atoms with E-state index in [9.17, 15) is 17.6 Å². The minimum atomic E-state index is -3.81. The van der Waals surface area contributed by atoms with Crippen molar-refractivity contribution in [2.45, 2.75) is 24.3 Å². The number of halogens is 2. The summed E-state index contributed by atoms with van der Waals surface area (Å²) in [6.45, 7) is 0.490. The number of sulfonamides is 1. The molecule has 0 N–H and O–H groups in total. The molecule has 11 heteroatoms. The van der Waals surface area contributed by atoms with Crippen LogP contribution in [0, 0.1) is 11.7 Å². The van der Waals surface area contributed by atoms with Gasteiger partial charge in [0.15, 0.2) is 0 Å². The van der Waals surface area contributed by atoms with E-state index in [0.29, 0.717) is 25.2 Å². The minimum Gasteiger partial charge on any atom is -0.337 e. The normalized spacial score (nSPS) is 17.1. The lowest BCUT2D eigenvalue weighted by Crippen LogP contribution is -2.45. The first-order chi connectivity index (χ1) is 15.7. The Morgan fingerprint density at radius 1 is 1.27 bits per heavy atom. The van der Waals surface area contributed by atoms with E-state index < -0.39 is 21.8 Å². The maximum atomic E-state index is 13.2. The highest BCUT2D eigenvalue weighted by atomic mass is 79.9. The molecular formula is C22H22BrFN4O4S. The number of piperidine rings is 1. The van der Waals surface area contributed by atoms with Crippen LogP contribution in [-0.4, -0.2) is 53.8 Å². The van der Waals surface area contributed by atoms with Crippen molar-refractivity contribution in [3.8, 4) is 11.4 Å². The first-order valence-electron chi connectivity index (χ1n) is 10.3. The number of hydrogen-bond acceptors (Lipinski definition) is 6. The molecule has 8 nitrogen and oxygen atoms in total. The van der Waals surface area contributed by atoms with Crippen molar-refractivity contribution in [3.63, 3.8) is 0 Å². The molecule has 1 fully saturated rings. The highest BCUT2D eigenvalue weighted by Gasteiger charge is 2.34. The smallest absolute Gasteiger partial charge is 0.246 e. The number of rotatable bonds is 6. The highest BCUT2D eigenvalue weighted by Crippen LogP contribution is 2.26. The third-order valence-electron chi connectivity index (χ3n) is 5.48. The fourth-order valence-corrected chi connectivity index (χ4v) is 5.70. The Kier molecular flexibility index (Phi) is 6.91. The monoisotopic (exact) mass is 536 g/mol. The Morgan fingerprint density at radius 2 is 2.03 bits per heavy atom. The Labute approximate surface area is 199 Å². The largest absolute Gasteiger partial charge is 0.337 e. The third kappa shape index (κ3) is 5.31. The van der Waals surface area contributed by atoms with Gasteiger partial charge in [-0.05, 0) is 49.2 Å². The summed E-state index contributed by atoms with van der Waals surface area (Å²) in [6, 6.07) is 12.2. The molecule has 3 aromatic rings. The van der Waals surface area contributed by atoms with Gasteiger partial charge in [0.1, 0.15) is 5.82 Å². The summed E-state index contributed by atoms with van der Waals surface area (Å²) >= 11 is 3.40. The van der Waals surface area contributed by atoms with Crippen molar-refractivity contribution in [2.75, 3.05) is 20.1 Å². The van der Waals surface area contributed by atoms with Gasteiger partial charge >= 0.3 is 0 Å². The molecular weight excluding hydrogens is 515 g/mol. The van der Waals surface area contributed by atoms with Crippen LogP contribution in [-0.2, 0) is 21.4 Å². The summed E-state index contributed by atoms with van der Waals surface area (Å²) in [5, 5.41) is 3.98. The molecule has 1 saturated heterocycles. The second-order valence-electron chi connectivity index (χ2n) is 7.87. The predicted molar refractivity (Wildman–Crippen MR) is 122 cm³/mol. The molecule has 0 radical (unpaired) electrons. The maximum Gasteiger partial charge on any atom is 0.246 e. The van der Waals surface area contributed by atoms with E-state index in [1.807, 2.05) is 24.3 Å². The molecule has 1 unspecified atom stereocenters. The Morgan fingerprint density at radius 3 is 2.76 bits per heavy atom. The average Bonchev–Trinajstić information content (AvgIpc) is 3.27. The fraction of sp³-hybridized carbons (Fsp3) is 0.318. The van der Waals surface area contributed by atoms with Gasteiger partial charge in [-0.15, -0.1) is 0 Å². The van der Waals surface area contributed by atoms with Crippen LogP contribution in [0.25, 0.3) is 11.4 Å². The zero-order valence-electron chi connectivity index (χ0n) is 17.8. The Balaban J connectivity index is 1.42. The van der Waals surface area contributed by atoms with E-state index in [1.165, 1.54) is 21.3 Å². The molecule has 0 aliphatic carbocycles. The van der Waals surface area contributed by atoms with Crippen molar-refractivity contribution in [1.82, 2.24) is 19.3 Å². The summed E-state index contributed by atoms with van der Waals surface area (Å²) in [6.07, 6.45) is 1.13. The van der Waals surface area contributed by atoms with Crippen LogP contribution in [0.5, 0.6) is 0 Å². The zero-order chi connectivity index (χ0) is 23.6. The Bertz CT molecular complexity index is 1250. The molecule has 0 bridgehead atoms. The van der Waals surface area contributed by atoms with Gasteiger partial charge in [0.05, 0.1) is 17.4 Å². The lowest BCUT2D eigenvalue weighted by atomic mass is 9.98. The number of hydrogen-bond donors (Lipinski definition) is 0. The van der Waals surface area contributed by atoms with Crippen LogP contribution < -0.4 is 0 Å². The van der Waals surface area contributed by atoms with Crippen LogP contribution in [0.1, 0.15) is 18.7 Å². The SMILES string of the molecule is CN(Cc1nc(-c2cccc(Br)c2)no1)C(=O)C1CCCN(S(=O)(=O)c2ccc(F)cc2)C1. The molecule has 1 amide bonds. The quantitative estimate of drug-likeness (QED) is 0.476. The van der Waals surface area contributed by atoms with Gasteiger partial charge in [-0.25, -0.2) is 12.8 Å². The van der Waals surface area contributed by atoms with Crippen LogP contribution in [0.2, 0.25) is 0 Å². The summed E-state index contributed by atoms with van der Waals surface area (Å²) in [7, 11) is -2.19. The topological polar surface area (TPSA) is 96.6 Å². The number of nitrogens with zero attached hydrogens (tertiary/aromatic N) is 4. The van der Waals surface area contributed by atoms with E-state index >= 15 is 0 Å². The number of carbonyl (C=O) groups excluding carboxylic acids is 1. The number of amides is 1. The molecule has 2 heterocycles. The standard InChI is InChI=1S/C22H22BrFN4O4S/c1-27(14-20-25-21(26-32-20)15-4-2-6-17(23)12-15)22(29)16-5-3-11-28(13-16)33(30,31)19-9-7-18(24)8-10-19/h2,4,6-10,12,16H,3,5,11,13-14H2,1H3. The van der Waals surface area contributed by atoms with Gasteiger partial charge in [0.2, 0.25) is 27.6 Å². The van der Waals surface area contributed by atoms with Gasteiger partial charge in [-0.1, -0.05) is 33.2 Å². The number of carbonyl (C=O) groups is 1. The summed E-state index contributed by atoms with van der Waals surface area (Å²) in [4.78, 5) is 18.9. The minimum absolute atomic E-state index is 0.0105. The van der Waals surface area contributed by atoms with Crippen LogP contribution >= 0.6 is 15.9 Å². The van der Waals surface area contributed by atoms with Crippen LogP contribution in [0.3, 0.4) is 0 Å². The molecule has 2 aromatic carbocycles. The average molecular weight is 537 g/mol. The van der Waals surface area contributed by atoms with Crippen LogP contribution in [0.15, 0.2) is 62.4 Å². The fourth-order valence-electron chi connectivity index (χ4n) is 3.77. The molecule has 0 spiro atoms. The first kappa shape index (κ1) is 23.5. The van der Waals surface area contributed by atoms with Gasteiger partial charge in [-0.3, -0.25) is 4.79 Å². The lowest BCUT2D eigenvalue weighted by molar-refractivity contribution is -0.136. The zero-order valence-corrected chi connectivity index (χ0v) is 20.2. The lowest BCUT2D eigenvalue weighted by Gasteiger charge is -2.33. The van der Waals surface area contributed by atoms with Crippen molar-refractivity contribution in [3.05, 3.63) is 64.7 Å². The number of aromatic nitrogens is 2. The van der Waals surface area contributed by atoms with E-state index in [1.54, 1.807) is 7.05 Å². The first-order valence-corrected chi connectivity index (χ1v) is 12.6. The van der Waals surface area contributed by atoms with E-state index in [4.69, 9.17) is 4.52 Å². The van der Waals surface area contributed by atoms with Crippen molar-refractivity contribution >= 4 is 31.9 Å². The second kappa shape index (κ2) is 9.70. The van der Waals surface area contributed by atoms with E-state index in [0.717, 1.165) is 22.2 Å². The van der Waals surface area contributed by atoms with E-state index in [-0.39, 0.29) is 29.8 Å². The molecule has 0 saturated carbocycles. The highest BCUT2D eigenvalue weighted by molar-refractivity contribution is 9.10. The van der Waals surface area contributed by atoms with Gasteiger partial charge < -0.3 is 9.42 Å². The van der Waals surface area contributed by atoms with E-state index in [2.05, 4.69) is 26.1 Å². The molecule has 1 aliphatic heterocycles. The second-order valence-corrected chi connectivity index (χ2v) is 10.7. The molecule has 1 aliphatic rings. The predicted octanol–water partition coefficient (Wildman–Crippen LogP) is 3.70. The van der Waals surface area contributed by atoms with Gasteiger partial charge in [-0.2, -0.15) is 9.29 Å². The Hall–Kier alpha value is -2.63. The molecule has 174 valence electrons. The molecule has 4 rings (SSSR count). The third-order valence-corrected chi connectivity index (χ3v) is 7.86. The molecule has 1 atom stereocenters. The summed E-state index contributed by atoms with van der Waals surface area (Å²) in [5.74, 6) is -0.497. The maximum absolute atomic E-state index is 13.2. The number of benzene rings is 2. The van der Waals surface area contributed by atoms with Crippen molar-refractivity contribution < 1.29 is 22.1 Å². The van der Waals surface area contributed by atoms with Gasteiger partial charge in [0.25, 0.3) is 0 Å². The molecule has 1 aromatic heterocycles. The molecule has 33 heavy (non-hydrogen) atoms.